The molecule has 1 unspecified atom stereocenters. The first kappa shape index (κ1) is 15.5. The summed E-state index contributed by atoms with van der Waals surface area (Å²) >= 11 is 0. The first-order valence-electron chi connectivity index (χ1n) is 7.52. The molecule has 1 saturated heterocycles. The molecule has 1 fully saturated rings. The molecule has 0 radical (unpaired) electrons. The third kappa shape index (κ3) is 5.38. The number of nitrogens with zero attached hydrogens (tertiary/aromatic N) is 1. The van der Waals surface area contributed by atoms with E-state index < -0.39 is 0 Å². The number of rotatable bonds is 5. The molecule has 0 spiro atoms. The van der Waals surface area contributed by atoms with Crippen molar-refractivity contribution in [1.29, 1.82) is 0 Å². The molecule has 1 amide bonds. The third-order valence-electron chi connectivity index (χ3n) is 3.96. The Labute approximate surface area is 112 Å². The second-order valence-electron chi connectivity index (χ2n) is 6.17. The molecule has 0 aromatic heterocycles. The first-order valence-corrected chi connectivity index (χ1v) is 7.52. The summed E-state index contributed by atoms with van der Waals surface area (Å²) in [5, 5.41) is 3.31. The number of hydrogen-bond donors (Lipinski definition) is 1. The molecule has 3 heteroatoms. The Morgan fingerprint density at radius 1 is 1.22 bits per heavy atom. The lowest BCUT2D eigenvalue weighted by atomic mass is 9.89. The third-order valence-corrected chi connectivity index (χ3v) is 3.96. The molecule has 0 bridgehead atoms. The highest BCUT2D eigenvalue weighted by molar-refractivity contribution is 5.76. The molecule has 18 heavy (non-hydrogen) atoms. The number of nitrogens with one attached hydrogen (secondary N) is 1. The summed E-state index contributed by atoms with van der Waals surface area (Å²) in [6.07, 6.45) is 4.28. The molecule has 1 N–H and O–H groups in total. The molecule has 1 rings (SSSR count). The molecule has 0 aromatic rings. The molecular weight excluding hydrogens is 224 g/mol. The van der Waals surface area contributed by atoms with Crippen LogP contribution in [-0.2, 0) is 4.79 Å². The van der Waals surface area contributed by atoms with Crippen LogP contribution in [0.2, 0.25) is 0 Å². The molecule has 1 atom stereocenters. The van der Waals surface area contributed by atoms with Crippen molar-refractivity contribution < 1.29 is 4.79 Å². The van der Waals surface area contributed by atoms with E-state index in [0.29, 0.717) is 18.4 Å². The fourth-order valence-electron chi connectivity index (χ4n) is 2.66. The van der Waals surface area contributed by atoms with Crippen molar-refractivity contribution in [3.8, 4) is 0 Å². The van der Waals surface area contributed by atoms with Gasteiger partial charge < -0.3 is 10.2 Å². The van der Waals surface area contributed by atoms with Crippen LogP contribution in [0.25, 0.3) is 0 Å². The van der Waals surface area contributed by atoms with Gasteiger partial charge in [0.25, 0.3) is 0 Å². The van der Waals surface area contributed by atoms with Crippen molar-refractivity contribution in [2.45, 2.75) is 59.4 Å². The van der Waals surface area contributed by atoms with Crippen molar-refractivity contribution >= 4 is 5.91 Å². The predicted octanol–water partition coefficient (Wildman–Crippen LogP) is 2.66. The summed E-state index contributed by atoms with van der Waals surface area (Å²) in [4.78, 5) is 14.2. The number of amides is 1. The lowest BCUT2D eigenvalue weighted by Crippen LogP contribution is -2.35. The molecule has 0 saturated carbocycles. The van der Waals surface area contributed by atoms with Gasteiger partial charge in [0.15, 0.2) is 0 Å². The maximum atomic E-state index is 12.1. The van der Waals surface area contributed by atoms with Gasteiger partial charge in [-0.15, -0.1) is 0 Å². The Hall–Kier alpha value is -0.570. The van der Waals surface area contributed by atoms with Gasteiger partial charge in [0, 0.05) is 32.1 Å². The van der Waals surface area contributed by atoms with Gasteiger partial charge in [-0.25, -0.2) is 0 Å². The molecule has 106 valence electrons. The summed E-state index contributed by atoms with van der Waals surface area (Å²) in [5.41, 5.74) is 0. The Kier molecular flexibility index (Phi) is 6.69. The highest BCUT2D eigenvalue weighted by Crippen LogP contribution is 2.24. The van der Waals surface area contributed by atoms with Crippen LogP contribution in [-0.4, -0.2) is 36.5 Å². The fourth-order valence-corrected chi connectivity index (χ4v) is 2.66. The normalized spacial score (nSPS) is 21.4. The van der Waals surface area contributed by atoms with Gasteiger partial charge in [0.1, 0.15) is 0 Å². The van der Waals surface area contributed by atoms with Crippen molar-refractivity contribution in [1.82, 2.24) is 10.2 Å². The number of likely N-dealkylation sites (tertiary alicyclic amines) is 1. The van der Waals surface area contributed by atoms with E-state index in [0.717, 1.165) is 31.5 Å². The second-order valence-corrected chi connectivity index (χ2v) is 6.17. The Balaban J connectivity index is 2.31. The Morgan fingerprint density at radius 3 is 2.56 bits per heavy atom. The van der Waals surface area contributed by atoms with Crippen LogP contribution in [0.4, 0.5) is 0 Å². The molecule has 0 aromatic carbocycles. The highest BCUT2D eigenvalue weighted by atomic mass is 16.2. The first-order chi connectivity index (χ1) is 8.50. The van der Waals surface area contributed by atoms with E-state index in [4.69, 9.17) is 0 Å². The van der Waals surface area contributed by atoms with E-state index in [1.807, 2.05) is 0 Å². The zero-order valence-corrected chi connectivity index (χ0v) is 12.5. The van der Waals surface area contributed by atoms with E-state index in [1.54, 1.807) is 0 Å². The molecule has 1 heterocycles. The van der Waals surface area contributed by atoms with Crippen LogP contribution in [0.5, 0.6) is 0 Å². The zero-order chi connectivity index (χ0) is 13.5. The van der Waals surface area contributed by atoms with Gasteiger partial charge in [-0.1, -0.05) is 27.7 Å². The maximum absolute atomic E-state index is 12.1. The standard InChI is InChI=1S/C15H30N2O/c1-12(2)14-6-5-10-17(11-8-14)15(18)7-9-16-13(3)4/h12-14,16H,5-11H2,1-4H3. The van der Waals surface area contributed by atoms with Crippen LogP contribution in [0.1, 0.15) is 53.4 Å². The van der Waals surface area contributed by atoms with Gasteiger partial charge in [0.2, 0.25) is 5.91 Å². The molecule has 3 nitrogen and oxygen atoms in total. The van der Waals surface area contributed by atoms with Crippen molar-refractivity contribution in [2.24, 2.45) is 11.8 Å². The predicted molar refractivity (Wildman–Crippen MR) is 76.5 cm³/mol. The largest absolute Gasteiger partial charge is 0.343 e. The van der Waals surface area contributed by atoms with Crippen LogP contribution in [0.3, 0.4) is 0 Å². The zero-order valence-electron chi connectivity index (χ0n) is 12.5. The minimum Gasteiger partial charge on any atom is -0.343 e. The van der Waals surface area contributed by atoms with Crippen molar-refractivity contribution in [3.63, 3.8) is 0 Å². The summed E-state index contributed by atoms with van der Waals surface area (Å²) in [6.45, 7) is 11.6. The highest BCUT2D eigenvalue weighted by Gasteiger charge is 2.21. The maximum Gasteiger partial charge on any atom is 0.223 e. The van der Waals surface area contributed by atoms with Crippen molar-refractivity contribution in [2.75, 3.05) is 19.6 Å². The Bertz CT molecular complexity index is 251. The van der Waals surface area contributed by atoms with E-state index in [1.165, 1.54) is 19.3 Å². The Morgan fingerprint density at radius 2 is 1.94 bits per heavy atom. The van der Waals surface area contributed by atoms with Crippen LogP contribution in [0, 0.1) is 11.8 Å². The average molecular weight is 254 g/mol. The average Bonchev–Trinajstić information content (AvgIpc) is 2.53. The van der Waals surface area contributed by atoms with Gasteiger partial charge in [-0.05, 0) is 31.1 Å². The number of carbonyl (C=O) groups excluding carboxylic acids is 1. The smallest absolute Gasteiger partial charge is 0.223 e. The fraction of sp³-hybridized carbons (Fsp3) is 0.933. The summed E-state index contributed by atoms with van der Waals surface area (Å²) in [6, 6.07) is 0.465. The minimum absolute atomic E-state index is 0.326. The van der Waals surface area contributed by atoms with Gasteiger partial charge in [0.05, 0.1) is 0 Å². The van der Waals surface area contributed by atoms with Gasteiger partial charge >= 0.3 is 0 Å². The number of carbonyl (C=O) groups is 1. The minimum atomic E-state index is 0.326. The van der Waals surface area contributed by atoms with Gasteiger partial charge in [-0.3, -0.25) is 4.79 Å². The van der Waals surface area contributed by atoms with Gasteiger partial charge in [-0.2, -0.15) is 0 Å². The van der Waals surface area contributed by atoms with Crippen LogP contribution >= 0.6 is 0 Å². The van der Waals surface area contributed by atoms with E-state index in [-0.39, 0.29) is 0 Å². The monoisotopic (exact) mass is 254 g/mol. The molecule has 1 aliphatic heterocycles. The molecule has 1 aliphatic rings. The van der Waals surface area contributed by atoms with Crippen molar-refractivity contribution in [3.05, 3.63) is 0 Å². The summed E-state index contributed by atoms with van der Waals surface area (Å²) in [5.74, 6) is 1.88. The summed E-state index contributed by atoms with van der Waals surface area (Å²) in [7, 11) is 0. The van der Waals surface area contributed by atoms with Crippen LogP contribution < -0.4 is 5.32 Å². The topological polar surface area (TPSA) is 32.3 Å². The second kappa shape index (κ2) is 7.78. The molecular formula is C15H30N2O. The lowest BCUT2D eigenvalue weighted by Gasteiger charge is -2.22. The quantitative estimate of drug-likeness (QED) is 0.818. The van der Waals surface area contributed by atoms with E-state index >= 15 is 0 Å². The molecule has 0 aliphatic carbocycles. The van der Waals surface area contributed by atoms with Crippen LogP contribution in [0.15, 0.2) is 0 Å². The summed E-state index contributed by atoms with van der Waals surface area (Å²) < 4.78 is 0. The SMILES string of the molecule is CC(C)NCCC(=O)N1CCCC(C(C)C)CC1. The number of hydrogen-bond acceptors (Lipinski definition) is 2. The van der Waals surface area contributed by atoms with E-state index in [2.05, 4.69) is 37.9 Å². The lowest BCUT2D eigenvalue weighted by molar-refractivity contribution is -0.131. The van der Waals surface area contributed by atoms with E-state index in [9.17, 15) is 4.79 Å².